The molecule has 24 heavy (non-hydrogen) atoms. The van der Waals surface area contributed by atoms with Crippen molar-refractivity contribution >= 4 is 44.2 Å². The molecule has 3 rings (SSSR count). The van der Waals surface area contributed by atoms with Crippen molar-refractivity contribution in [3.8, 4) is 0 Å². The van der Waals surface area contributed by atoms with E-state index in [0.717, 1.165) is 28.7 Å². The van der Waals surface area contributed by atoms with Crippen LogP contribution in [0.15, 0.2) is 34.1 Å². The lowest BCUT2D eigenvalue weighted by atomic mass is 10.2. The molecule has 1 aromatic carbocycles. The maximum atomic E-state index is 12.4. The van der Waals surface area contributed by atoms with Crippen LogP contribution in [0.4, 0.5) is 5.13 Å². The molecule has 0 saturated carbocycles. The highest BCUT2D eigenvalue weighted by molar-refractivity contribution is 9.10. The van der Waals surface area contributed by atoms with Crippen LogP contribution in [0.3, 0.4) is 0 Å². The van der Waals surface area contributed by atoms with Gasteiger partial charge in [-0.15, -0.1) is 11.3 Å². The van der Waals surface area contributed by atoms with Crippen LogP contribution in [0.2, 0.25) is 0 Å². The lowest BCUT2D eigenvalue weighted by Gasteiger charge is -2.17. The molecule has 0 spiro atoms. The molecule has 0 unspecified atom stereocenters. The van der Waals surface area contributed by atoms with Crippen molar-refractivity contribution in [1.82, 2.24) is 9.88 Å². The molecule has 5 nitrogen and oxygen atoms in total. The summed E-state index contributed by atoms with van der Waals surface area (Å²) in [5.74, 6) is 0.128. The zero-order valence-corrected chi connectivity index (χ0v) is 15.8. The van der Waals surface area contributed by atoms with E-state index in [1.807, 2.05) is 29.6 Å². The SMILES string of the molecule is CN(Cc1ccccc1Br)C(=O)Cc1csc(N2CCCC2=O)n1. The third-order valence-corrected chi connectivity index (χ3v) is 5.65. The third-order valence-electron chi connectivity index (χ3n) is 3.97. The number of carbonyl (C=O) groups excluding carboxylic acids is 2. The fourth-order valence-electron chi connectivity index (χ4n) is 2.61. The van der Waals surface area contributed by atoms with Gasteiger partial charge in [0.1, 0.15) is 0 Å². The van der Waals surface area contributed by atoms with Gasteiger partial charge in [-0.3, -0.25) is 14.5 Å². The van der Waals surface area contributed by atoms with E-state index in [1.54, 1.807) is 16.8 Å². The lowest BCUT2D eigenvalue weighted by Crippen LogP contribution is -2.28. The molecule has 7 heteroatoms. The number of benzene rings is 1. The Kier molecular flexibility index (Phi) is 5.30. The quantitative estimate of drug-likeness (QED) is 0.764. The molecule has 0 radical (unpaired) electrons. The molecule has 1 aliphatic rings. The fourth-order valence-corrected chi connectivity index (χ4v) is 3.89. The Balaban J connectivity index is 1.61. The van der Waals surface area contributed by atoms with Crippen molar-refractivity contribution < 1.29 is 9.59 Å². The van der Waals surface area contributed by atoms with E-state index in [9.17, 15) is 9.59 Å². The van der Waals surface area contributed by atoms with Gasteiger partial charge < -0.3 is 4.90 Å². The molecule has 1 aliphatic heterocycles. The second-order valence-electron chi connectivity index (χ2n) is 5.79. The predicted octanol–water partition coefficient (Wildman–Crippen LogP) is 3.23. The number of hydrogen-bond acceptors (Lipinski definition) is 4. The summed E-state index contributed by atoms with van der Waals surface area (Å²) >= 11 is 4.93. The average molecular weight is 408 g/mol. The molecular weight excluding hydrogens is 390 g/mol. The minimum atomic E-state index is 0.00958. The minimum Gasteiger partial charge on any atom is -0.341 e. The Morgan fingerprint density at radius 2 is 2.21 bits per heavy atom. The monoisotopic (exact) mass is 407 g/mol. The number of thiazole rings is 1. The van der Waals surface area contributed by atoms with Crippen molar-refractivity contribution in [2.45, 2.75) is 25.8 Å². The highest BCUT2D eigenvalue weighted by atomic mass is 79.9. The van der Waals surface area contributed by atoms with Crippen molar-refractivity contribution in [1.29, 1.82) is 0 Å². The molecule has 126 valence electrons. The van der Waals surface area contributed by atoms with Gasteiger partial charge in [-0.05, 0) is 18.1 Å². The summed E-state index contributed by atoms with van der Waals surface area (Å²) in [5.41, 5.74) is 1.79. The summed E-state index contributed by atoms with van der Waals surface area (Å²) in [6, 6.07) is 7.87. The zero-order chi connectivity index (χ0) is 17.1. The summed E-state index contributed by atoms with van der Waals surface area (Å²) in [7, 11) is 1.79. The van der Waals surface area contributed by atoms with Crippen molar-refractivity contribution in [3.05, 3.63) is 45.4 Å². The largest absolute Gasteiger partial charge is 0.341 e. The first-order chi connectivity index (χ1) is 11.5. The third kappa shape index (κ3) is 3.84. The summed E-state index contributed by atoms with van der Waals surface area (Å²) in [6.45, 7) is 1.27. The first kappa shape index (κ1) is 17.1. The van der Waals surface area contributed by atoms with E-state index in [0.29, 0.717) is 18.1 Å². The maximum Gasteiger partial charge on any atom is 0.228 e. The van der Waals surface area contributed by atoms with Gasteiger partial charge in [-0.2, -0.15) is 0 Å². The molecule has 2 amide bonds. The van der Waals surface area contributed by atoms with E-state index in [1.165, 1.54) is 11.3 Å². The average Bonchev–Trinajstić information content (AvgIpc) is 3.18. The summed E-state index contributed by atoms with van der Waals surface area (Å²) in [6.07, 6.45) is 1.71. The molecule has 1 aromatic heterocycles. The van der Waals surface area contributed by atoms with Crippen LogP contribution in [-0.4, -0.2) is 35.3 Å². The number of rotatable bonds is 5. The topological polar surface area (TPSA) is 53.5 Å². The second-order valence-corrected chi connectivity index (χ2v) is 7.48. The summed E-state index contributed by atoms with van der Waals surface area (Å²) < 4.78 is 0.994. The van der Waals surface area contributed by atoms with E-state index in [-0.39, 0.29) is 18.2 Å². The maximum absolute atomic E-state index is 12.4. The van der Waals surface area contributed by atoms with Gasteiger partial charge in [0.25, 0.3) is 0 Å². The summed E-state index contributed by atoms with van der Waals surface area (Å²) in [4.78, 5) is 32.0. The van der Waals surface area contributed by atoms with Crippen LogP contribution >= 0.6 is 27.3 Å². The van der Waals surface area contributed by atoms with Crippen LogP contribution in [0.5, 0.6) is 0 Å². The predicted molar refractivity (Wildman–Crippen MR) is 98.0 cm³/mol. The molecule has 0 bridgehead atoms. The highest BCUT2D eigenvalue weighted by Gasteiger charge is 2.24. The molecule has 1 saturated heterocycles. The molecular formula is C17H18BrN3O2S. The Labute approximate surface area is 153 Å². The van der Waals surface area contributed by atoms with Crippen molar-refractivity contribution in [3.63, 3.8) is 0 Å². The molecule has 0 aliphatic carbocycles. The second kappa shape index (κ2) is 7.44. The van der Waals surface area contributed by atoms with Gasteiger partial charge in [-0.1, -0.05) is 34.1 Å². The highest BCUT2D eigenvalue weighted by Crippen LogP contribution is 2.25. The number of likely N-dealkylation sites (N-methyl/N-ethyl adjacent to an activating group) is 1. The Morgan fingerprint density at radius 1 is 1.42 bits per heavy atom. The number of amides is 2. The lowest BCUT2D eigenvalue weighted by molar-refractivity contribution is -0.129. The van der Waals surface area contributed by atoms with Crippen LogP contribution < -0.4 is 4.90 Å². The first-order valence-electron chi connectivity index (χ1n) is 7.76. The van der Waals surface area contributed by atoms with Crippen LogP contribution in [0.1, 0.15) is 24.1 Å². The molecule has 0 N–H and O–H groups in total. The number of hydrogen-bond donors (Lipinski definition) is 0. The van der Waals surface area contributed by atoms with Gasteiger partial charge in [-0.25, -0.2) is 4.98 Å². The van der Waals surface area contributed by atoms with Crippen LogP contribution in [-0.2, 0) is 22.6 Å². The molecule has 2 aromatic rings. The van der Waals surface area contributed by atoms with Gasteiger partial charge in [0.2, 0.25) is 11.8 Å². The molecule has 2 heterocycles. The van der Waals surface area contributed by atoms with Gasteiger partial charge in [0.15, 0.2) is 5.13 Å². The zero-order valence-electron chi connectivity index (χ0n) is 13.4. The first-order valence-corrected chi connectivity index (χ1v) is 9.44. The Morgan fingerprint density at radius 3 is 2.92 bits per heavy atom. The standard InChI is InChI=1S/C17H18BrN3O2S/c1-20(10-12-5-2-3-6-14(12)18)16(23)9-13-11-24-17(19-13)21-8-4-7-15(21)22/h2-3,5-6,11H,4,7-10H2,1H3. The van der Waals surface area contributed by atoms with E-state index >= 15 is 0 Å². The van der Waals surface area contributed by atoms with Crippen LogP contribution in [0, 0.1) is 0 Å². The van der Waals surface area contributed by atoms with E-state index in [4.69, 9.17) is 0 Å². The van der Waals surface area contributed by atoms with E-state index < -0.39 is 0 Å². The van der Waals surface area contributed by atoms with Crippen LogP contribution in [0.25, 0.3) is 0 Å². The normalized spacial score (nSPS) is 14.2. The number of anilines is 1. The van der Waals surface area contributed by atoms with E-state index in [2.05, 4.69) is 20.9 Å². The van der Waals surface area contributed by atoms with Gasteiger partial charge >= 0.3 is 0 Å². The number of aromatic nitrogens is 1. The molecule has 1 fully saturated rings. The number of nitrogens with zero attached hydrogens (tertiary/aromatic N) is 3. The Bertz CT molecular complexity index is 762. The minimum absolute atomic E-state index is 0.00958. The molecule has 0 atom stereocenters. The Hall–Kier alpha value is -1.73. The fraction of sp³-hybridized carbons (Fsp3) is 0.353. The van der Waals surface area contributed by atoms with Gasteiger partial charge in [0.05, 0.1) is 12.1 Å². The van der Waals surface area contributed by atoms with Gasteiger partial charge in [0, 0.05) is 36.4 Å². The number of carbonyl (C=O) groups is 2. The summed E-state index contributed by atoms with van der Waals surface area (Å²) in [5, 5.41) is 2.57. The number of halogens is 1. The smallest absolute Gasteiger partial charge is 0.228 e. The van der Waals surface area contributed by atoms with Crippen molar-refractivity contribution in [2.24, 2.45) is 0 Å². The van der Waals surface area contributed by atoms with Crippen molar-refractivity contribution in [2.75, 3.05) is 18.5 Å².